The molecule has 0 radical (unpaired) electrons. The summed E-state index contributed by atoms with van der Waals surface area (Å²) in [5.41, 5.74) is 3.22. The number of aryl methyl sites for hydroxylation is 2. The zero-order chi connectivity index (χ0) is 16.3. The summed E-state index contributed by atoms with van der Waals surface area (Å²) < 4.78 is 24.2. The van der Waals surface area contributed by atoms with Gasteiger partial charge in [0.05, 0.1) is 9.90 Å². The van der Waals surface area contributed by atoms with Gasteiger partial charge < -0.3 is 0 Å². The van der Waals surface area contributed by atoms with Gasteiger partial charge in [0, 0.05) is 4.88 Å². The lowest BCUT2D eigenvalue weighted by Crippen LogP contribution is -2.41. The number of carbonyl (C=O) groups excluding carboxylic acids is 1. The van der Waals surface area contributed by atoms with Gasteiger partial charge in [0.1, 0.15) is 4.90 Å². The molecular formula is C14H15ClN2O3S2. The first-order valence-corrected chi connectivity index (χ1v) is 9.19. The Balaban J connectivity index is 2.12. The van der Waals surface area contributed by atoms with Crippen LogP contribution in [0.3, 0.4) is 0 Å². The second kappa shape index (κ2) is 6.78. The summed E-state index contributed by atoms with van der Waals surface area (Å²) >= 11 is 7.20. The van der Waals surface area contributed by atoms with Crippen molar-refractivity contribution in [3.05, 3.63) is 50.7 Å². The molecule has 22 heavy (non-hydrogen) atoms. The molecule has 0 atom stereocenters. The van der Waals surface area contributed by atoms with Crippen LogP contribution >= 0.6 is 22.9 Å². The molecule has 2 aromatic rings. The van der Waals surface area contributed by atoms with E-state index >= 15 is 0 Å². The van der Waals surface area contributed by atoms with Crippen LogP contribution in [0.25, 0.3) is 0 Å². The van der Waals surface area contributed by atoms with E-state index < -0.39 is 15.9 Å². The van der Waals surface area contributed by atoms with Gasteiger partial charge in [-0.1, -0.05) is 30.7 Å². The third-order valence-electron chi connectivity index (χ3n) is 2.99. The molecule has 0 saturated carbocycles. The summed E-state index contributed by atoms with van der Waals surface area (Å²) in [7, 11) is -3.91. The molecule has 5 nitrogen and oxygen atoms in total. The van der Waals surface area contributed by atoms with E-state index in [1.165, 1.54) is 23.5 Å². The first-order chi connectivity index (χ1) is 10.3. The van der Waals surface area contributed by atoms with Gasteiger partial charge in [-0.2, -0.15) is 0 Å². The number of benzene rings is 1. The molecule has 0 aliphatic heterocycles. The number of amides is 1. The molecule has 2 N–H and O–H groups in total. The van der Waals surface area contributed by atoms with Gasteiger partial charge in [-0.15, -0.1) is 16.2 Å². The van der Waals surface area contributed by atoms with E-state index in [-0.39, 0.29) is 9.92 Å². The average Bonchev–Trinajstić information content (AvgIpc) is 2.86. The van der Waals surface area contributed by atoms with Crippen molar-refractivity contribution in [2.45, 2.75) is 25.2 Å². The van der Waals surface area contributed by atoms with E-state index in [1.807, 2.05) is 13.8 Å². The second-order valence-corrected chi connectivity index (χ2v) is 7.76. The van der Waals surface area contributed by atoms with Crippen LogP contribution in [0.2, 0.25) is 5.02 Å². The monoisotopic (exact) mass is 358 g/mol. The Labute approximate surface area is 138 Å². The first kappa shape index (κ1) is 17.0. The SMILES string of the molecule is CCc1sc(C(=O)NNS(=O)(=O)c2ccccc2Cl)cc1C. The molecule has 1 heterocycles. The summed E-state index contributed by atoms with van der Waals surface area (Å²) in [6.45, 7) is 3.92. The molecule has 1 aromatic heterocycles. The Morgan fingerprint density at radius 1 is 1.32 bits per heavy atom. The molecule has 0 bridgehead atoms. The highest BCUT2D eigenvalue weighted by atomic mass is 35.5. The molecule has 0 unspecified atom stereocenters. The van der Waals surface area contributed by atoms with Crippen molar-refractivity contribution in [3.63, 3.8) is 0 Å². The van der Waals surface area contributed by atoms with Crippen molar-refractivity contribution in [1.82, 2.24) is 10.3 Å². The van der Waals surface area contributed by atoms with E-state index in [2.05, 4.69) is 10.3 Å². The van der Waals surface area contributed by atoms with Crippen LogP contribution in [0.5, 0.6) is 0 Å². The standard InChI is InChI=1S/C14H15ClN2O3S2/c1-3-11-9(2)8-12(21-11)14(18)16-17-22(19,20)13-7-5-4-6-10(13)15/h4-8,17H,3H2,1-2H3,(H,16,18). The topological polar surface area (TPSA) is 75.3 Å². The maximum Gasteiger partial charge on any atom is 0.276 e. The smallest absolute Gasteiger partial charge is 0.273 e. The number of hydrogen-bond donors (Lipinski definition) is 2. The van der Waals surface area contributed by atoms with E-state index in [4.69, 9.17) is 11.6 Å². The minimum atomic E-state index is -3.91. The van der Waals surface area contributed by atoms with Gasteiger partial charge in [-0.3, -0.25) is 10.2 Å². The molecular weight excluding hydrogens is 344 g/mol. The molecule has 2 rings (SSSR count). The van der Waals surface area contributed by atoms with Crippen LogP contribution in [-0.4, -0.2) is 14.3 Å². The summed E-state index contributed by atoms with van der Waals surface area (Å²) in [5.74, 6) is -0.497. The second-order valence-electron chi connectivity index (χ2n) is 4.56. The molecule has 0 spiro atoms. The lowest BCUT2D eigenvalue weighted by Gasteiger charge is -2.08. The fraction of sp³-hybridized carbons (Fsp3) is 0.214. The lowest BCUT2D eigenvalue weighted by atomic mass is 10.2. The Kier molecular flexibility index (Phi) is 5.23. The van der Waals surface area contributed by atoms with Gasteiger partial charge in [0.25, 0.3) is 15.9 Å². The van der Waals surface area contributed by atoms with Gasteiger partial charge >= 0.3 is 0 Å². The predicted octanol–water partition coefficient (Wildman–Crippen LogP) is 2.90. The van der Waals surface area contributed by atoms with Crippen molar-refractivity contribution < 1.29 is 13.2 Å². The molecule has 0 saturated heterocycles. The Morgan fingerprint density at radius 2 is 2.00 bits per heavy atom. The van der Waals surface area contributed by atoms with Crippen LogP contribution in [0.1, 0.15) is 27.0 Å². The average molecular weight is 359 g/mol. The Bertz CT molecular complexity index is 800. The maximum atomic E-state index is 12.1. The molecule has 118 valence electrons. The van der Waals surface area contributed by atoms with Crippen LogP contribution < -0.4 is 10.3 Å². The highest BCUT2D eigenvalue weighted by molar-refractivity contribution is 7.89. The summed E-state index contributed by atoms with van der Waals surface area (Å²) in [6.07, 6.45) is 0.829. The number of thiophene rings is 1. The maximum absolute atomic E-state index is 12.1. The highest BCUT2D eigenvalue weighted by Crippen LogP contribution is 2.22. The van der Waals surface area contributed by atoms with Crippen LogP contribution in [0.4, 0.5) is 0 Å². The zero-order valence-corrected chi connectivity index (χ0v) is 14.4. The third-order valence-corrected chi connectivity index (χ3v) is 6.12. The fourth-order valence-electron chi connectivity index (χ4n) is 1.88. The first-order valence-electron chi connectivity index (χ1n) is 6.51. The summed E-state index contributed by atoms with van der Waals surface area (Å²) in [5, 5.41) is 0.0875. The van der Waals surface area contributed by atoms with Crippen molar-refractivity contribution in [2.75, 3.05) is 0 Å². The molecule has 0 aliphatic carbocycles. The number of carbonyl (C=O) groups is 1. The number of sulfonamides is 1. The number of rotatable bonds is 5. The van der Waals surface area contributed by atoms with Gasteiger partial charge in [-0.25, -0.2) is 8.42 Å². The van der Waals surface area contributed by atoms with Crippen molar-refractivity contribution in [1.29, 1.82) is 0 Å². The third kappa shape index (κ3) is 3.67. The Hall–Kier alpha value is -1.41. The van der Waals surface area contributed by atoms with Crippen LogP contribution in [-0.2, 0) is 16.4 Å². The van der Waals surface area contributed by atoms with E-state index in [1.54, 1.807) is 18.2 Å². The molecule has 1 aromatic carbocycles. The van der Waals surface area contributed by atoms with Gasteiger partial charge in [-0.05, 0) is 37.1 Å². The van der Waals surface area contributed by atoms with Crippen molar-refractivity contribution in [2.24, 2.45) is 0 Å². The van der Waals surface area contributed by atoms with E-state index in [9.17, 15) is 13.2 Å². The minimum absolute atomic E-state index is 0.0875. The Morgan fingerprint density at radius 3 is 2.59 bits per heavy atom. The van der Waals surface area contributed by atoms with Gasteiger partial charge in [0.15, 0.2) is 0 Å². The largest absolute Gasteiger partial charge is 0.276 e. The molecule has 0 aliphatic rings. The number of halogens is 1. The lowest BCUT2D eigenvalue weighted by molar-refractivity contribution is 0.0949. The van der Waals surface area contributed by atoms with Crippen molar-refractivity contribution >= 4 is 38.9 Å². The van der Waals surface area contributed by atoms with Crippen LogP contribution in [0, 0.1) is 6.92 Å². The zero-order valence-electron chi connectivity index (χ0n) is 12.0. The van der Waals surface area contributed by atoms with Crippen molar-refractivity contribution in [3.8, 4) is 0 Å². The normalized spacial score (nSPS) is 11.4. The number of hydrogen-bond acceptors (Lipinski definition) is 4. The van der Waals surface area contributed by atoms with E-state index in [0.717, 1.165) is 16.9 Å². The van der Waals surface area contributed by atoms with Crippen LogP contribution in [0.15, 0.2) is 35.2 Å². The number of hydrazine groups is 1. The predicted molar refractivity (Wildman–Crippen MR) is 87.7 cm³/mol. The minimum Gasteiger partial charge on any atom is -0.273 e. The highest BCUT2D eigenvalue weighted by Gasteiger charge is 2.19. The fourth-order valence-corrected chi connectivity index (χ4v) is 4.24. The quantitative estimate of drug-likeness (QED) is 0.807. The van der Waals surface area contributed by atoms with Gasteiger partial charge in [0.2, 0.25) is 0 Å². The molecule has 1 amide bonds. The summed E-state index contributed by atoms with van der Waals surface area (Å²) in [4.78, 5) is 15.5. The number of nitrogens with one attached hydrogen (secondary N) is 2. The van der Waals surface area contributed by atoms with E-state index in [0.29, 0.717) is 4.88 Å². The molecule has 8 heteroatoms. The summed E-state index contributed by atoms with van der Waals surface area (Å²) in [6, 6.07) is 7.75. The molecule has 0 fully saturated rings.